The Morgan fingerprint density at radius 2 is 1.70 bits per heavy atom. The van der Waals surface area contributed by atoms with Gasteiger partial charge in [0.05, 0.1) is 5.71 Å². The lowest BCUT2D eigenvalue weighted by molar-refractivity contribution is 0.0599. The van der Waals surface area contributed by atoms with Gasteiger partial charge < -0.3 is 9.36 Å². The maximum Gasteiger partial charge on any atom is 0.271 e. The molecule has 0 radical (unpaired) electrons. The van der Waals surface area contributed by atoms with Crippen molar-refractivity contribution in [3.05, 3.63) is 102 Å². The van der Waals surface area contributed by atoms with Gasteiger partial charge in [0.1, 0.15) is 0 Å². The number of carbonyl (C=O) groups excluding carboxylic acids is 1. The quantitative estimate of drug-likeness (QED) is 0.469. The summed E-state index contributed by atoms with van der Waals surface area (Å²) in [5, 5.41) is 8.16. The van der Waals surface area contributed by atoms with Gasteiger partial charge >= 0.3 is 0 Å². The summed E-state index contributed by atoms with van der Waals surface area (Å²) in [6.07, 6.45) is 3.54. The van der Waals surface area contributed by atoms with Crippen molar-refractivity contribution in [3.8, 4) is 11.4 Å². The summed E-state index contributed by atoms with van der Waals surface area (Å²) >= 11 is 0. The second kappa shape index (κ2) is 7.71. The molecule has 0 aliphatic carbocycles. The van der Waals surface area contributed by atoms with Crippen molar-refractivity contribution in [1.82, 2.24) is 15.1 Å². The standard InChI is InChI=1S/C23H16N4O3/c28-21(15-5-2-1-3-6-15)16-8-10-17(11-9-16)22-25-23(30-27-22)20-13-19(26-29-20)18-7-4-12-24-14-18/h1-12,14,20H,13H2. The largest absolute Gasteiger partial charge is 0.382 e. The fourth-order valence-electron chi connectivity index (χ4n) is 3.22. The van der Waals surface area contributed by atoms with Crippen LogP contribution in [-0.4, -0.2) is 26.6 Å². The maximum absolute atomic E-state index is 12.5. The number of nitrogens with zero attached hydrogens (tertiary/aromatic N) is 4. The molecule has 0 saturated carbocycles. The van der Waals surface area contributed by atoms with Crippen LogP contribution in [0.3, 0.4) is 0 Å². The molecule has 2 aromatic carbocycles. The van der Waals surface area contributed by atoms with E-state index in [1.54, 1.807) is 48.8 Å². The molecule has 1 aliphatic heterocycles. The van der Waals surface area contributed by atoms with Crippen LogP contribution in [0.2, 0.25) is 0 Å². The molecule has 3 heterocycles. The monoisotopic (exact) mass is 396 g/mol. The molecular formula is C23H16N4O3. The van der Waals surface area contributed by atoms with Crippen molar-refractivity contribution in [2.45, 2.75) is 12.5 Å². The number of aromatic nitrogens is 3. The van der Waals surface area contributed by atoms with Crippen LogP contribution >= 0.6 is 0 Å². The summed E-state index contributed by atoms with van der Waals surface area (Å²) in [7, 11) is 0. The molecule has 1 aliphatic rings. The molecule has 0 N–H and O–H groups in total. The molecule has 0 bridgehead atoms. The van der Waals surface area contributed by atoms with Crippen LogP contribution in [0.5, 0.6) is 0 Å². The molecule has 5 rings (SSSR count). The van der Waals surface area contributed by atoms with Gasteiger partial charge in [-0.1, -0.05) is 64.9 Å². The highest BCUT2D eigenvalue weighted by Crippen LogP contribution is 2.29. The summed E-state index contributed by atoms with van der Waals surface area (Å²) in [6.45, 7) is 0. The lowest BCUT2D eigenvalue weighted by Gasteiger charge is -2.02. The van der Waals surface area contributed by atoms with E-state index in [9.17, 15) is 4.79 Å². The van der Waals surface area contributed by atoms with E-state index in [0.717, 1.165) is 16.8 Å². The molecule has 1 unspecified atom stereocenters. The number of pyridine rings is 1. The molecule has 2 aromatic heterocycles. The first kappa shape index (κ1) is 17.9. The fourth-order valence-corrected chi connectivity index (χ4v) is 3.22. The number of benzene rings is 2. The minimum absolute atomic E-state index is 0.0320. The highest BCUT2D eigenvalue weighted by atomic mass is 16.7. The minimum atomic E-state index is -0.430. The van der Waals surface area contributed by atoms with Gasteiger partial charge in [0.15, 0.2) is 5.78 Å². The Balaban J connectivity index is 1.30. The predicted octanol–water partition coefficient (Wildman–Crippen LogP) is 4.23. The average molecular weight is 396 g/mol. The Morgan fingerprint density at radius 3 is 2.47 bits per heavy atom. The van der Waals surface area contributed by atoms with E-state index >= 15 is 0 Å². The Bertz CT molecular complexity index is 1200. The van der Waals surface area contributed by atoms with Crippen molar-refractivity contribution in [3.63, 3.8) is 0 Å². The van der Waals surface area contributed by atoms with Crippen molar-refractivity contribution in [2.24, 2.45) is 5.16 Å². The molecule has 0 fully saturated rings. The normalized spacial score (nSPS) is 15.5. The Hall–Kier alpha value is -4.13. The van der Waals surface area contributed by atoms with E-state index < -0.39 is 6.10 Å². The number of carbonyl (C=O) groups is 1. The summed E-state index contributed by atoms with van der Waals surface area (Å²) in [4.78, 5) is 26.6. The smallest absolute Gasteiger partial charge is 0.271 e. The van der Waals surface area contributed by atoms with Gasteiger partial charge in [-0.15, -0.1) is 0 Å². The van der Waals surface area contributed by atoms with Crippen LogP contribution in [0.25, 0.3) is 11.4 Å². The van der Waals surface area contributed by atoms with Gasteiger partial charge in [-0.2, -0.15) is 4.98 Å². The Labute approximate surface area is 172 Å². The van der Waals surface area contributed by atoms with Crippen LogP contribution in [-0.2, 0) is 4.84 Å². The molecule has 30 heavy (non-hydrogen) atoms. The number of ketones is 1. The summed E-state index contributed by atoms with van der Waals surface area (Å²) < 4.78 is 5.39. The molecule has 0 amide bonds. The van der Waals surface area contributed by atoms with E-state index in [1.807, 2.05) is 30.3 Å². The zero-order valence-corrected chi connectivity index (χ0v) is 15.8. The van der Waals surface area contributed by atoms with Gasteiger partial charge in [0.2, 0.25) is 11.9 Å². The van der Waals surface area contributed by atoms with Crippen molar-refractivity contribution in [2.75, 3.05) is 0 Å². The SMILES string of the molecule is O=C(c1ccccc1)c1ccc(-c2noc(C3CC(c4cccnc4)=NO3)n2)cc1. The molecule has 7 nitrogen and oxygen atoms in total. The van der Waals surface area contributed by atoms with Gasteiger partial charge in [-0.25, -0.2) is 0 Å². The Kier molecular flexibility index (Phi) is 4.61. The van der Waals surface area contributed by atoms with Crippen molar-refractivity contribution >= 4 is 11.5 Å². The number of hydrogen-bond acceptors (Lipinski definition) is 7. The van der Waals surface area contributed by atoms with E-state index in [4.69, 9.17) is 9.36 Å². The lowest BCUT2D eigenvalue weighted by atomic mass is 10.0. The third-order valence-corrected chi connectivity index (χ3v) is 4.82. The van der Waals surface area contributed by atoms with Gasteiger partial charge in [-0.05, 0) is 12.1 Å². The van der Waals surface area contributed by atoms with E-state index in [0.29, 0.717) is 29.3 Å². The van der Waals surface area contributed by atoms with Crippen LogP contribution < -0.4 is 0 Å². The highest BCUT2D eigenvalue weighted by Gasteiger charge is 2.29. The highest BCUT2D eigenvalue weighted by molar-refractivity contribution is 6.09. The van der Waals surface area contributed by atoms with Crippen LogP contribution in [0, 0.1) is 0 Å². The van der Waals surface area contributed by atoms with E-state index in [1.165, 1.54) is 0 Å². The second-order valence-electron chi connectivity index (χ2n) is 6.81. The number of hydrogen-bond donors (Lipinski definition) is 0. The zero-order valence-electron chi connectivity index (χ0n) is 15.8. The summed E-state index contributed by atoms with van der Waals surface area (Å²) in [5.41, 5.74) is 3.69. The third kappa shape index (κ3) is 3.48. The van der Waals surface area contributed by atoms with Gasteiger partial charge in [0, 0.05) is 41.1 Å². The molecule has 7 heteroatoms. The fraction of sp³-hybridized carbons (Fsp3) is 0.0870. The van der Waals surface area contributed by atoms with E-state index in [2.05, 4.69) is 20.3 Å². The summed E-state index contributed by atoms with van der Waals surface area (Å²) in [5.74, 6) is 0.759. The molecule has 0 saturated heterocycles. The van der Waals surface area contributed by atoms with E-state index in [-0.39, 0.29) is 5.78 Å². The first-order valence-electron chi connectivity index (χ1n) is 9.45. The summed E-state index contributed by atoms with van der Waals surface area (Å²) in [6, 6.07) is 20.1. The average Bonchev–Trinajstić information content (AvgIpc) is 3.50. The second-order valence-corrected chi connectivity index (χ2v) is 6.81. The molecule has 146 valence electrons. The minimum Gasteiger partial charge on any atom is -0.382 e. The molecule has 0 spiro atoms. The zero-order chi connectivity index (χ0) is 20.3. The molecule has 4 aromatic rings. The lowest BCUT2D eigenvalue weighted by Crippen LogP contribution is -2.02. The Morgan fingerprint density at radius 1 is 0.900 bits per heavy atom. The van der Waals surface area contributed by atoms with Gasteiger partial charge in [-0.3, -0.25) is 9.78 Å². The molecule has 1 atom stereocenters. The first-order chi connectivity index (χ1) is 14.8. The van der Waals surface area contributed by atoms with Gasteiger partial charge in [0.25, 0.3) is 5.89 Å². The van der Waals surface area contributed by atoms with Crippen LogP contribution in [0.1, 0.15) is 39.9 Å². The van der Waals surface area contributed by atoms with Crippen molar-refractivity contribution < 1.29 is 14.2 Å². The first-order valence-corrected chi connectivity index (χ1v) is 9.45. The van der Waals surface area contributed by atoms with Crippen molar-refractivity contribution in [1.29, 1.82) is 0 Å². The topological polar surface area (TPSA) is 90.5 Å². The van der Waals surface area contributed by atoms with Crippen LogP contribution in [0.15, 0.2) is 88.8 Å². The number of rotatable bonds is 5. The third-order valence-electron chi connectivity index (χ3n) is 4.82. The maximum atomic E-state index is 12.5. The predicted molar refractivity (Wildman–Crippen MR) is 109 cm³/mol. The number of oxime groups is 1. The van der Waals surface area contributed by atoms with Crippen LogP contribution in [0.4, 0.5) is 0 Å². The molecular weight excluding hydrogens is 380 g/mol.